The summed E-state index contributed by atoms with van der Waals surface area (Å²) < 4.78 is 25.9. The first-order valence-corrected chi connectivity index (χ1v) is 12.2. The zero-order valence-corrected chi connectivity index (χ0v) is 22.2. The molecule has 3 aromatic rings. The molecule has 3 rings (SSSR count). The van der Waals surface area contributed by atoms with Crippen molar-refractivity contribution in [1.29, 1.82) is 5.26 Å². The van der Waals surface area contributed by atoms with Gasteiger partial charge < -0.3 is 14.8 Å². The smallest absolute Gasteiger partial charge is 0.338 e. The zero-order chi connectivity index (χ0) is 25.4. The van der Waals surface area contributed by atoms with E-state index in [1.165, 1.54) is 24.3 Å². The van der Waals surface area contributed by atoms with Crippen molar-refractivity contribution in [3.05, 3.63) is 96.8 Å². The number of hydrogen-bond donors (Lipinski definition) is 1. The van der Waals surface area contributed by atoms with Crippen LogP contribution in [0.5, 0.6) is 5.75 Å². The highest BCUT2D eigenvalue weighted by atomic mass is 127. The van der Waals surface area contributed by atoms with Gasteiger partial charge in [-0.1, -0.05) is 18.2 Å². The summed E-state index contributed by atoms with van der Waals surface area (Å²) in [6.07, 6.45) is 1.45. The van der Waals surface area contributed by atoms with Crippen LogP contribution in [0.1, 0.15) is 28.4 Å². The molecular weight excluding hydrogens is 630 g/mol. The quantitative estimate of drug-likeness (QED) is 0.131. The maximum atomic E-state index is 13.9. The van der Waals surface area contributed by atoms with Crippen LogP contribution < -0.4 is 10.1 Å². The molecule has 0 unspecified atom stereocenters. The third-order valence-electron chi connectivity index (χ3n) is 4.68. The van der Waals surface area contributed by atoms with Crippen LogP contribution in [0.3, 0.4) is 0 Å². The number of carbonyl (C=O) groups is 2. The van der Waals surface area contributed by atoms with Crippen LogP contribution in [-0.4, -0.2) is 18.5 Å². The summed E-state index contributed by atoms with van der Waals surface area (Å²) in [6.45, 7) is 2.03. The Labute approximate surface area is 224 Å². The first-order valence-electron chi connectivity index (χ1n) is 10.4. The first-order chi connectivity index (χ1) is 16.8. The fraction of sp³-hybridized carbons (Fsp3) is 0.115. The van der Waals surface area contributed by atoms with Gasteiger partial charge in [0.05, 0.1) is 20.2 Å². The van der Waals surface area contributed by atoms with E-state index in [-0.39, 0.29) is 24.6 Å². The number of ether oxygens (including phenoxy) is 2. The molecule has 6 nitrogen and oxygen atoms in total. The average molecular weight is 649 g/mol. The summed E-state index contributed by atoms with van der Waals surface area (Å²) in [5, 5.41) is 12.2. The maximum Gasteiger partial charge on any atom is 0.338 e. The number of esters is 1. The van der Waals surface area contributed by atoms with Gasteiger partial charge in [-0.05, 0) is 99.5 Å². The number of nitriles is 1. The van der Waals surface area contributed by atoms with Gasteiger partial charge in [0.2, 0.25) is 0 Å². The second-order valence-corrected chi connectivity index (χ2v) is 9.13. The zero-order valence-electron chi connectivity index (χ0n) is 18.5. The van der Waals surface area contributed by atoms with Crippen molar-refractivity contribution in [2.45, 2.75) is 13.5 Å². The molecule has 9 heteroatoms. The van der Waals surface area contributed by atoms with E-state index in [1.807, 2.05) is 6.07 Å². The lowest BCUT2D eigenvalue weighted by Gasteiger charge is -2.12. The molecule has 0 fully saturated rings. The van der Waals surface area contributed by atoms with Crippen molar-refractivity contribution < 1.29 is 23.5 Å². The predicted octanol–water partition coefficient (Wildman–Crippen LogP) is 6.49. The van der Waals surface area contributed by atoms with Crippen LogP contribution in [0.4, 0.5) is 10.1 Å². The van der Waals surface area contributed by atoms with E-state index in [2.05, 4.69) is 43.8 Å². The molecule has 0 aliphatic carbocycles. The topological polar surface area (TPSA) is 88.4 Å². The fourth-order valence-electron chi connectivity index (χ4n) is 2.98. The Bertz CT molecular complexity index is 1300. The van der Waals surface area contributed by atoms with Gasteiger partial charge in [-0.2, -0.15) is 5.26 Å². The Kier molecular flexibility index (Phi) is 9.39. The summed E-state index contributed by atoms with van der Waals surface area (Å²) in [6, 6.07) is 17.9. The van der Waals surface area contributed by atoms with Gasteiger partial charge in [-0.25, -0.2) is 9.18 Å². The standard InChI is InChI=1S/C26H19BrFIN2O4/c1-2-34-26(33)17-7-9-20(10-8-17)31-25(32)19(14-30)11-16-12-21(27)24(23(29)13-16)35-15-18-5-3-4-6-22(18)28/h3-13H,2,15H2,1H3,(H,31,32)/b19-11+. The molecule has 0 saturated carbocycles. The summed E-state index contributed by atoms with van der Waals surface area (Å²) >= 11 is 5.52. The van der Waals surface area contributed by atoms with E-state index in [1.54, 1.807) is 49.4 Å². The number of hydrogen-bond acceptors (Lipinski definition) is 5. The van der Waals surface area contributed by atoms with Crippen LogP contribution in [0, 0.1) is 20.7 Å². The van der Waals surface area contributed by atoms with E-state index in [9.17, 15) is 19.2 Å². The summed E-state index contributed by atoms with van der Waals surface area (Å²) in [7, 11) is 0. The minimum absolute atomic E-state index is 0.0528. The highest BCUT2D eigenvalue weighted by Gasteiger charge is 2.14. The minimum atomic E-state index is -0.595. The number of amides is 1. The molecule has 0 saturated heterocycles. The molecule has 178 valence electrons. The van der Waals surface area contributed by atoms with E-state index in [0.717, 1.165) is 0 Å². The third kappa shape index (κ3) is 7.13. The van der Waals surface area contributed by atoms with E-state index in [4.69, 9.17) is 9.47 Å². The summed E-state index contributed by atoms with van der Waals surface area (Å²) in [4.78, 5) is 24.4. The summed E-state index contributed by atoms with van der Waals surface area (Å²) in [5.74, 6) is -0.874. The van der Waals surface area contributed by atoms with Crippen LogP contribution >= 0.6 is 38.5 Å². The number of nitrogens with zero attached hydrogens (tertiary/aromatic N) is 1. The predicted molar refractivity (Wildman–Crippen MR) is 142 cm³/mol. The highest BCUT2D eigenvalue weighted by Crippen LogP contribution is 2.33. The van der Waals surface area contributed by atoms with Crippen LogP contribution in [-0.2, 0) is 16.1 Å². The maximum absolute atomic E-state index is 13.9. The lowest BCUT2D eigenvalue weighted by atomic mass is 10.1. The Hall–Kier alpha value is -3.23. The van der Waals surface area contributed by atoms with Gasteiger partial charge in [0, 0.05) is 11.3 Å². The lowest BCUT2D eigenvalue weighted by Crippen LogP contribution is -2.13. The molecule has 0 heterocycles. The van der Waals surface area contributed by atoms with Gasteiger partial charge in [0.15, 0.2) is 0 Å². The molecule has 0 aliphatic rings. The van der Waals surface area contributed by atoms with Gasteiger partial charge >= 0.3 is 5.97 Å². The van der Waals surface area contributed by atoms with E-state index in [0.29, 0.717) is 36.2 Å². The first kappa shape index (κ1) is 26.4. The second-order valence-electron chi connectivity index (χ2n) is 7.12. The van der Waals surface area contributed by atoms with Crippen molar-refractivity contribution in [2.75, 3.05) is 11.9 Å². The largest absolute Gasteiger partial charge is 0.486 e. The Balaban J connectivity index is 1.73. The Morgan fingerprint density at radius 2 is 1.89 bits per heavy atom. The average Bonchev–Trinajstić information content (AvgIpc) is 2.83. The number of benzene rings is 3. The van der Waals surface area contributed by atoms with Crippen LogP contribution in [0.25, 0.3) is 6.08 Å². The summed E-state index contributed by atoms with van der Waals surface area (Å²) in [5.41, 5.74) is 1.71. The molecule has 0 spiro atoms. The number of carbonyl (C=O) groups excluding carboxylic acids is 2. The van der Waals surface area contributed by atoms with Crippen molar-refractivity contribution in [3.8, 4) is 11.8 Å². The molecule has 1 amide bonds. The molecule has 1 N–H and O–H groups in total. The number of rotatable bonds is 8. The molecule has 3 aromatic carbocycles. The van der Waals surface area contributed by atoms with Crippen molar-refractivity contribution in [1.82, 2.24) is 0 Å². The Morgan fingerprint density at radius 1 is 1.17 bits per heavy atom. The molecule has 0 bridgehead atoms. The van der Waals surface area contributed by atoms with Crippen molar-refractivity contribution in [3.63, 3.8) is 0 Å². The normalized spacial score (nSPS) is 10.9. The van der Waals surface area contributed by atoms with Crippen LogP contribution in [0.2, 0.25) is 0 Å². The van der Waals surface area contributed by atoms with Gasteiger partial charge in [-0.3, -0.25) is 4.79 Å². The van der Waals surface area contributed by atoms with Gasteiger partial charge in [0.1, 0.15) is 29.8 Å². The fourth-order valence-corrected chi connectivity index (χ4v) is 4.75. The molecule has 0 atom stereocenters. The van der Waals surface area contributed by atoms with Crippen LogP contribution in [0.15, 0.2) is 70.7 Å². The monoisotopic (exact) mass is 648 g/mol. The molecule has 0 aromatic heterocycles. The molecular formula is C26H19BrFIN2O4. The molecule has 0 radical (unpaired) electrons. The van der Waals surface area contributed by atoms with Crippen molar-refractivity contribution >= 4 is 62.2 Å². The minimum Gasteiger partial charge on any atom is -0.486 e. The number of halogens is 3. The molecule has 35 heavy (non-hydrogen) atoms. The molecule has 0 aliphatic heterocycles. The Morgan fingerprint density at radius 3 is 2.51 bits per heavy atom. The number of nitrogens with one attached hydrogen (secondary N) is 1. The highest BCUT2D eigenvalue weighted by molar-refractivity contribution is 14.1. The van der Waals surface area contributed by atoms with E-state index >= 15 is 0 Å². The van der Waals surface area contributed by atoms with Gasteiger partial charge in [-0.15, -0.1) is 0 Å². The SMILES string of the molecule is CCOC(=O)c1ccc(NC(=O)/C(C#N)=C/c2cc(Br)c(OCc3ccccc3F)c(I)c2)cc1. The van der Waals surface area contributed by atoms with Gasteiger partial charge in [0.25, 0.3) is 5.91 Å². The van der Waals surface area contributed by atoms with E-state index < -0.39 is 11.9 Å². The lowest BCUT2D eigenvalue weighted by molar-refractivity contribution is -0.112. The number of anilines is 1. The van der Waals surface area contributed by atoms with Crippen molar-refractivity contribution in [2.24, 2.45) is 0 Å². The third-order valence-corrected chi connectivity index (χ3v) is 6.07. The second kappa shape index (κ2) is 12.5.